The third kappa shape index (κ3) is 5.89. The molecule has 0 aliphatic carbocycles. The summed E-state index contributed by atoms with van der Waals surface area (Å²) in [5.74, 6) is -0.709. The molecule has 0 spiro atoms. The van der Waals surface area contributed by atoms with Crippen molar-refractivity contribution in [1.82, 2.24) is 5.32 Å². The van der Waals surface area contributed by atoms with E-state index < -0.39 is 0 Å². The lowest BCUT2D eigenvalue weighted by atomic mass is 9.95. The molecule has 1 rings (SSSR count). The van der Waals surface area contributed by atoms with Gasteiger partial charge in [-0.1, -0.05) is 77.7 Å². The summed E-state index contributed by atoms with van der Waals surface area (Å²) in [4.78, 5) is 22.7. The van der Waals surface area contributed by atoms with Crippen LogP contribution >= 0.6 is 0 Å². The van der Waals surface area contributed by atoms with E-state index in [9.17, 15) is 9.59 Å². The van der Waals surface area contributed by atoms with Crippen molar-refractivity contribution < 1.29 is 9.59 Å². The van der Waals surface area contributed by atoms with Gasteiger partial charge in [-0.05, 0) is 6.42 Å². The molecule has 0 saturated carbocycles. The molecule has 2 amide bonds. The van der Waals surface area contributed by atoms with Gasteiger partial charge in [0.2, 0.25) is 5.91 Å². The van der Waals surface area contributed by atoms with Gasteiger partial charge in [-0.3, -0.25) is 14.9 Å². The van der Waals surface area contributed by atoms with E-state index in [1.165, 1.54) is 51.4 Å². The molecule has 1 saturated heterocycles. The van der Waals surface area contributed by atoms with Crippen molar-refractivity contribution in [3.05, 3.63) is 12.2 Å². The summed E-state index contributed by atoms with van der Waals surface area (Å²) < 4.78 is 0. The number of imide groups is 1. The fourth-order valence-corrected chi connectivity index (χ4v) is 2.74. The zero-order valence-corrected chi connectivity index (χ0v) is 12.9. The minimum Gasteiger partial charge on any atom is -0.292 e. The number of carbonyl (C=O) groups is 2. The Hall–Kier alpha value is -1.12. The number of rotatable bonds is 11. The number of unbranched alkanes of at least 4 members (excludes halogenated alkanes) is 9. The van der Waals surface area contributed by atoms with Crippen LogP contribution in [-0.2, 0) is 9.59 Å². The summed E-state index contributed by atoms with van der Waals surface area (Å²) in [5.41, 5.74) is 0.450. The van der Waals surface area contributed by atoms with Crippen LogP contribution in [0.4, 0.5) is 0 Å². The first-order chi connectivity index (χ1) is 9.66. The topological polar surface area (TPSA) is 46.2 Å². The maximum atomic E-state index is 11.5. The number of hydrogen-bond donors (Lipinski definition) is 1. The molecule has 3 heteroatoms. The summed E-state index contributed by atoms with van der Waals surface area (Å²) in [7, 11) is 0. The first kappa shape index (κ1) is 16.9. The fourth-order valence-electron chi connectivity index (χ4n) is 2.74. The largest absolute Gasteiger partial charge is 0.292 e. The predicted octanol–water partition coefficient (Wildman–Crippen LogP) is 4.13. The Balaban J connectivity index is 1.94. The Kier molecular flexibility index (Phi) is 8.24. The summed E-state index contributed by atoms with van der Waals surface area (Å²) in [6.07, 6.45) is 13.6. The first-order valence-electron chi connectivity index (χ1n) is 8.20. The molecule has 1 aliphatic heterocycles. The zero-order chi connectivity index (χ0) is 14.8. The molecule has 20 heavy (non-hydrogen) atoms. The van der Waals surface area contributed by atoms with Gasteiger partial charge in [0.15, 0.2) is 0 Å². The summed E-state index contributed by atoms with van der Waals surface area (Å²) in [6.45, 7) is 5.94. The summed E-state index contributed by atoms with van der Waals surface area (Å²) in [6, 6.07) is 0. The van der Waals surface area contributed by atoms with E-state index in [2.05, 4.69) is 18.8 Å². The first-order valence-corrected chi connectivity index (χ1v) is 8.20. The van der Waals surface area contributed by atoms with Crippen LogP contribution in [0.2, 0.25) is 0 Å². The highest BCUT2D eigenvalue weighted by Gasteiger charge is 2.33. The molecule has 114 valence electrons. The van der Waals surface area contributed by atoms with Gasteiger partial charge in [0.1, 0.15) is 0 Å². The van der Waals surface area contributed by atoms with Crippen molar-refractivity contribution in [3.8, 4) is 0 Å². The van der Waals surface area contributed by atoms with Crippen molar-refractivity contribution in [2.24, 2.45) is 5.92 Å². The molecule has 1 heterocycles. The molecular weight excluding hydrogens is 250 g/mol. The van der Waals surface area contributed by atoms with E-state index in [-0.39, 0.29) is 17.7 Å². The summed E-state index contributed by atoms with van der Waals surface area (Å²) >= 11 is 0. The van der Waals surface area contributed by atoms with Gasteiger partial charge in [0.05, 0.1) is 5.92 Å². The molecule has 1 fully saturated rings. The predicted molar refractivity (Wildman–Crippen MR) is 82.2 cm³/mol. The second-order valence-electron chi connectivity index (χ2n) is 5.87. The standard InChI is InChI=1S/C17H29NO2/c1-3-4-5-6-7-8-9-10-11-12-13-15-14(2)16(19)18-17(15)20/h15H,2-13H2,1H3,(H,18,19,20). The third-order valence-electron chi connectivity index (χ3n) is 4.11. The van der Waals surface area contributed by atoms with Crippen molar-refractivity contribution in [3.63, 3.8) is 0 Å². The summed E-state index contributed by atoms with van der Waals surface area (Å²) in [5, 5.41) is 2.32. The Bertz CT molecular complexity index is 336. The van der Waals surface area contributed by atoms with E-state index in [0.29, 0.717) is 5.57 Å². The van der Waals surface area contributed by atoms with Crippen LogP contribution in [0.25, 0.3) is 0 Å². The van der Waals surface area contributed by atoms with Crippen molar-refractivity contribution in [1.29, 1.82) is 0 Å². The SMILES string of the molecule is C=C1C(=O)NC(=O)C1CCCCCCCCCCCC. The Morgan fingerprint density at radius 3 is 1.85 bits per heavy atom. The molecule has 0 aromatic carbocycles. The van der Waals surface area contributed by atoms with E-state index in [1.807, 2.05) is 0 Å². The molecule has 0 bridgehead atoms. The van der Waals surface area contributed by atoms with Crippen LogP contribution in [0.3, 0.4) is 0 Å². The lowest BCUT2D eigenvalue weighted by molar-refractivity contribution is -0.125. The molecule has 1 N–H and O–H groups in total. The molecule has 3 nitrogen and oxygen atoms in total. The van der Waals surface area contributed by atoms with Crippen LogP contribution in [0.15, 0.2) is 12.2 Å². The lowest BCUT2D eigenvalue weighted by Gasteiger charge is -2.06. The Morgan fingerprint density at radius 1 is 0.900 bits per heavy atom. The second-order valence-corrected chi connectivity index (χ2v) is 5.87. The molecule has 1 atom stereocenters. The van der Waals surface area contributed by atoms with Crippen molar-refractivity contribution in [2.45, 2.75) is 77.6 Å². The van der Waals surface area contributed by atoms with Gasteiger partial charge in [-0.15, -0.1) is 0 Å². The highest BCUT2D eigenvalue weighted by Crippen LogP contribution is 2.23. The zero-order valence-electron chi connectivity index (χ0n) is 12.9. The molecule has 0 aromatic rings. The number of nitrogens with one attached hydrogen (secondary N) is 1. The van der Waals surface area contributed by atoms with Gasteiger partial charge in [-0.2, -0.15) is 0 Å². The minimum atomic E-state index is -0.285. The van der Waals surface area contributed by atoms with Gasteiger partial charge < -0.3 is 0 Å². The lowest BCUT2D eigenvalue weighted by Crippen LogP contribution is -2.22. The highest BCUT2D eigenvalue weighted by molar-refractivity contribution is 6.14. The van der Waals surface area contributed by atoms with E-state index in [1.54, 1.807) is 0 Å². The molecular formula is C17H29NO2. The fraction of sp³-hybridized carbons (Fsp3) is 0.765. The van der Waals surface area contributed by atoms with Gasteiger partial charge in [0, 0.05) is 5.57 Å². The number of hydrogen-bond acceptors (Lipinski definition) is 2. The number of amides is 2. The van der Waals surface area contributed by atoms with Crippen LogP contribution < -0.4 is 5.32 Å². The van der Waals surface area contributed by atoms with Gasteiger partial charge >= 0.3 is 0 Å². The molecule has 1 aliphatic rings. The maximum absolute atomic E-state index is 11.5. The van der Waals surface area contributed by atoms with Gasteiger partial charge in [0.25, 0.3) is 5.91 Å². The normalized spacial score (nSPS) is 18.6. The van der Waals surface area contributed by atoms with Crippen molar-refractivity contribution >= 4 is 11.8 Å². The Morgan fingerprint density at radius 2 is 1.40 bits per heavy atom. The maximum Gasteiger partial charge on any atom is 0.253 e. The monoisotopic (exact) mass is 279 g/mol. The van der Waals surface area contributed by atoms with E-state index >= 15 is 0 Å². The van der Waals surface area contributed by atoms with Crippen LogP contribution in [0, 0.1) is 5.92 Å². The van der Waals surface area contributed by atoms with Crippen LogP contribution in [0.1, 0.15) is 77.6 Å². The van der Waals surface area contributed by atoms with Gasteiger partial charge in [-0.25, -0.2) is 0 Å². The van der Waals surface area contributed by atoms with Crippen LogP contribution in [-0.4, -0.2) is 11.8 Å². The average Bonchev–Trinajstić information content (AvgIpc) is 2.67. The smallest absolute Gasteiger partial charge is 0.253 e. The van der Waals surface area contributed by atoms with E-state index in [4.69, 9.17) is 0 Å². The minimum absolute atomic E-state index is 0.157. The quantitative estimate of drug-likeness (QED) is 0.351. The highest BCUT2D eigenvalue weighted by atomic mass is 16.2. The number of carbonyl (C=O) groups excluding carboxylic acids is 2. The van der Waals surface area contributed by atoms with Crippen LogP contribution in [0.5, 0.6) is 0 Å². The van der Waals surface area contributed by atoms with Crippen molar-refractivity contribution in [2.75, 3.05) is 0 Å². The second kappa shape index (κ2) is 9.73. The average molecular weight is 279 g/mol. The molecule has 0 aromatic heterocycles. The molecule has 1 unspecified atom stereocenters. The molecule has 0 radical (unpaired) electrons. The third-order valence-corrected chi connectivity index (χ3v) is 4.11. The Labute approximate surface area is 123 Å². The van der Waals surface area contributed by atoms with E-state index in [0.717, 1.165) is 19.3 Å².